The van der Waals surface area contributed by atoms with E-state index in [1.54, 1.807) is 0 Å². The van der Waals surface area contributed by atoms with Crippen molar-refractivity contribution in [3.05, 3.63) is 157 Å². The molecule has 6 nitrogen and oxygen atoms in total. The third-order valence-corrected chi connectivity index (χ3v) is 8.99. The van der Waals surface area contributed by atoms with Crippen LogP contribution in [0.2, 0.25) is 0 Å². The van der Waals surface area contributed by atoms with E-state index in [1.807, 2.05) is 72.8 Å². The summed E-state index contributed by atoms with van der Waals surface area (Å²) in [5.74, 6) is 0. The number of hydrogen-bond acceptors (Lipinski definition) is 6. The summed E-state index contributed by atoms with van der Waals surface area (Å²) >= 11 is 0. The average molecular weight is 643 g/mol. The first-order valence-electron chi connectivity index (χ1n) is 16.6. The van der Waals surface area contributed by atoms with Crippen molar-refractivity contribution in [2.24, 2.45) is 0 Å². The summed E-state index contributed by atoms with van der Waals surface area (Å²) in [6.45, 7) is 4.19. The molecular weight excluding hydrogens is 613 g/mol. The SMILES string of the molecule is Cc1ccc(-c2cc3nc(c2)c2cccc(n2)c2cccc(n2)c2cc(-c4ccc(C)cc4)cc(n2)c2cccc(n2)c2cccc3n2)cc1. The molecule has 9 rings (SSSR count). The van der Waals surface area contributed by atoms with Gasteiger partial charge in [0.05, 0.1) is 66.2 Å². The van der Waals surface area contributed by atoms with Gasteiger partial charge in [0.2, 0.25) is 0 Å². The molecule has 7 heterocycles. The van der Waals surface area contributed by atoms with Crippen LogP contribution in [0, 0.1) is 13.8 Å². The number of pyridine rings is 6. The molecule has 12 bridgehead atoms. The molecule has 0 unspecified atom stereocenters. The summed E-state index contributed by atoms with van der Waals surface area (Å²) in [5.41, 5.74) is 15.7. The van der Waals surface area contributed by atoms with Crippen molar-refractivity contribution >= 4 is 66.2 Å². The highest BCUT2D eigenvalue weighted by atomic mass is 14.8. The molecule has 9 aromatic rings. The Morgan fingerprint density at radius 2 is 0.460 bits per heavy atom. The molecule has 7 aromatic heterocycles. The number of nitrogens with zero attached hydrogens (tertiary/aromatic N) is 6. The predicted octanol–water partition coefficient (Wildman–Crippen LogP) is 10.6. The summed E-state index contributed by atoms with van der Waals surface area (Å²) in [6, 6.07) is 49.4. The fourth-order valence-electron chi connectivity index (χ4n) is 6.29. The van der Waals surface area contributed by atoms with Gasteiger partial charge >= 0.3 is 0 Å². The average Bonchev–Trinajstić information content (AvgIpc) is 3.18. The van der Waals surface area contributed by atoms with Crippen LogP contribution in [0.5, 0.6) is 0 Å². The predicted molar refractivity (Wildman–Crippen MR) is 205 cm³/mol. The molecule has 236 valence electrons. The van der Waals surface area contributed by atoms with Crippen molar-refractivity contribution in [3.8, 4) is 22.3 Å². The minimum Gasteiger partial charge on any atom is -0.245 e. The van der Waals surface area contributed by atoms with Crippen molar-refractivity contribution in [3.63, 3.8) is 0 Å². The Morgan fingerprint density at radius 3 is 0.720 bits per heavy atom. The lowest BCUT2D eigenvalue weighted by Gasteiger charge is -2.06. The Hall–Kier alpha value is -6.66. The Morgan fingerprint density at radius 1 is 0.240 bits per heavy atom. The van der Waals surface area contributed by atoms with Crippen molar-refractivity contribution in [1.82, 2.24) is 29.9 Å². The topological polar surface area (TPSA) is 77.3 Å². The number of aromatic nitrogens is 6. The zero-order valence-electron chi connectivity index (χ0n) is 27.5. The van der Waals surface area contributed by atoms with Crippen molar-refractivity contribution in [1.29, 1.82) is 0 Å². The zero-order valence-corrected chi connectivity index (χ0v) is 27.5. The Bertz CT molecular complexity index is 2540. The highest BCUT2D eigenvalue weighted by Crippen LogP contribution is 2.28. The molecule has 0 atom stereocenters. The molecule has 0 aliphatic heterocycles. The van der Waals surface area contributed by atoms with E-state index in [-0.39, 0.29) is 0 Å². The van der Waals surface area contributed by atoms with Gasteiger partial charge in [0.1, 0.15) is 0 Å². The van der Waals surface area contributed by atoms with Crippen LogP contribution in [-0.4, -0.2) is 29.9 Å². The Labute approximate surface area is 288 Å². The maximum absolute atomic E-state index is 5.14. The Kier molecular flexibility index (Phi) is 7.13. The van der Waals surface area contributed by atoms with Crippen LogP contribution < -0.4 is 0 Å². The molecule has 0 spiro atoms. The van der Waals surface area contributed by atoms with E-state index in [9.17, 15) is 0 Å². The second-order valence-corrected chi connectivity index (χ2v) is 12.6. The number of rotatable bonds is 2. The minimum absolute atomic E-state index is 0.748. The first-order valence-corrected chi connectivity index (χ1v) is 16.6. The molecule has 2 aromatic carbocycles. The maximum Gasteiger partial charge on any atom is 0.0900 e. The third kappa shape index (κ3) is 5.63. The normalized spacial score (nSPS) is 11.4. The van der Waals surface area contributed by atoms with Gasteiger partial charge in [-0.25, -0.2) is 29.9 Å². The second kappa shape index (κ2) is 12.1. The first kappa shape index (κ1) is 29.5. The molecule has 0 aliphatic rings. The maximum atomic E-state index is 5.14. The molecular formula is C44H30N6. The molecule has 0 N–H and O–H groups in total. The number of fused-ring (bicyclic) bond motifs is 18. The summed E-state index contributed by atoms with van der Waals surface area (Å²) in [6.07, 6.45) is 0. The molecule has 0 fully saturated rings. The molecule has 0 saturated heterocycles. The largest absolute Gasteiger partial charge is 0.245 e. The summed E-state index contributed by atoms with van der Waals surface area (Å²) < 4.78 is 0. The molecule has 6 heteroatoms. The first-order chi connectivity index (χ1) is 24.5. The van der Waals surface area contributed by atoms with Crippen LogP contribution in [0.4, 0.5) is 0 Å². The quantitative estimate of drug-likeness (QED) is 0.187. The summed E-state index contributed by atoms with van der Waals surface area (Å²) in [7, 11) is 0. The van der Waals surface area contributed by atoms with E-state index < -0.39 is 0 Å². The van der Waals surface area contributed by atoms with E-state index in [2.05, 4.69) is 86.6 Å². The molecule has 0 amide bonds. The van der Waals surface area contributed by atoms with Crippen LogP contribution in [0.3, 0.4) is 0 Å². The van der Waals surface area contributed by atoms with Gasteiger partial charge in [0.15, 0.2) is 0 Å². The van der Waals surface area contributed by atoms with Crippen LogP contribution in [0.15, 0.2) is 146 Å². The van der Waals surface area contributed by atoms with Gasteiger partial charge in [-0.1, -0.05) is 83.9 Å². The fraction of sp³-hybridized carbons (Fsp3) is 0.0455. The van der Waals surface area contributed by atoms with Gasteiger partial charge in [-0.3, -0.25) is 0 Å². The fourth-order valence-corrected chi connectivity index (χ4v) is 6.29. The van der Waals surface area contributed by atoms with Gasteiger partial charge < -0.3 is 0 Å². The zero-order chi connectivity index (χ0) is 33.6. The lowest BCUT2D eigenvalue weighted by Crippen LogP contribution is -1.89. The van der Waals surface area contributed by atoms with E-state index >= 15 is 0 Å². The lowest BCUT2D eigenvalue weighted by molar-refractivity contribution is 1.38. The van der Waals surface area contributed by atoms with Crippen molar-refractivity contribution < 1.29 is 0 Å². The minimum atomic E-state index is 0.748. The monoisotopic (exact) mass is 642 g/mol. The molecule has 0 aliphatic carbocycles. The number of benzene rings is 2. The van der Waals surface area contributed by atoms with Crippen molar-refractivity contribution in [2.45, 2.75) is 13.8 Å². The van der Waals surface area contributed by atoms with Crippen LogP contribution >= 0.6 is 0 Å². The van der Waals surface area contributed by atoms with Crippen molar-refractivity contribution in [2.75, 3.05) is 0 Å². The van der Waals surface area contributed by atoms with E-state index in [0.717, 1.165) is 88.5 Å². The highest BCUT2D eigenvalue weighted by molar-refractivity contribution is 5.93. The number of hydrogen-bond donors (Lipinski definition) is 0. The molecule has 0 radical (unpaired) electrons. The smallest absolute Gasteiger partial charge is 0.0900 e. The summed E-state index contributed by atoms with van der Waals surface area (Å²) in [4.78, 5) is 30.7. The summed E-state index contributed by atoms with van der Waals surface area (Å²) in [5, 5.41) is 0. The number of aryl methyl sites for hydroxylation is 2. The van der Waals surface area contributed by atoms with Gasteiger partial charge in [-0.15, -0.1) is 0 Å². The van der Waals surface area contributed by atoms with Crippen LogP contribution in [0.25, 0.3) is 88.5 Å². The van der Waals surface area contributed by atoms with Crippen LogP contribution in [-0.2, 0) is 0 Å². The van der Waals surface area contributed by atoms with E-state index in [0.29, 0.717) is 0 Å². The molecule has 50 heavy (non-hydrogen) atoms. The van der Waals surface area contributed by atoms with Gasteiger partial charge in [0, 0.05) is 0 Å². The standard InChI is InChI=1S/C44H30N6/c1-27-15-19-29(20-16-27)31-23-41-37-11-3-7-33(45-37)35-9-5-13-39(47-35)43-25-32(30-21-17-28(2)18-22-30)26-44(50-43)40-14-6-10-36(48-40)34-8-4-12-38(46-34)42(24-31)49-41/h3-26H,1-2H3. The Balaban J connectivity index is 1.45. The molecule has 0 saturated carbocycles. The third-order valence-electron chi connectivity index (χ3n) is 8.99. The van der Waals surface area contributed by atoms with Crippen LogP contribution in [0.1, 0.15) is 11.1 Å². The van der Waals surface area contributed by atoms with Gasteiger partial charge in [-0.05, 0) is 109 Å². The van der Waals surface area contributed by atoms with Gasteiger partial charge in [0.25, 0.3) is 0 Å². The second-order valence-electron chi connectivity index (χ2n) is 12.6. The van der Waals surface area contributed by atoms with Gasteiger partial charge in [-0.2, -0.15) is 0 Å². The highest BCUT2D eigenvalue weighted by Gasteiger charge is 2.08. The van der Waals surface area contributed by atoms with E-state index in [1.165, 1.54) is 11.1 Å². The van der Waals surface area contributed by atoms with E-state index in [4.69, 9.17) is 29.9 Å². The lowest BCUT2D eigenvalue weighted by atomic mass is 10.0.